The Hall–Kier alpha value is -1.23. The molecule has 0 amide bonds. The number of hydrogen-bond donors (Lipinski definition) is 0. The summed E-state index contributed by atoms with van der Waals surface area (Å²) < 4.78 is 50.0. The molecule has 0 bridgehead atoms. The van der Waals surface area contributed by atoms with Gasteiger partial charge in [-0.25, -0.2) is 16.8 Å². The lowest BCUT2D eigenvalue weighted by molar-refractivity contribution is -0.385. The first-order valence-electron chi connectivity index (χ1n) is 7.16. The summed E-state index contributed by atoms with van der Waals surface area (Å²) in [4.78, 5) is 10.1. The van der Waals surface area contributed by atoms with Gasteiger partial charge in [-0.05, 0) is 19.4 Å². The lowest BCUT2D eigenvalue weighted by atomic mass is 10.2. The molecule has 0 radical (unpaired) electrons. The van der Waals surface area contributed by atoms with Gasteiger partial charge in [-0.2, -0.15) is 4.31 Å². The van der Waals surface area contributed by atoms with Gasteiger partial charge in [-0.3, -0.25) is 10.1 Å². The summed E-state index contributed by atoms with van der Waals surface area (Å²) in [6, 6.07) is 1.44. The predicted molar refractivity (Wildman–Crippen MR) is 89.5 cm³/mol. The van der Waals surface area contributed by atoms with Crippen LogP contribution in [0.2, 0.25) is 5.02 Å². The highest BCUT2D eigenvalue weighted by atomic mass is 35.5. The van der Waals surface area contributed by atoms with Crippen LogP contribution in [-0.2, 0) is 19.9 Å². The molecular weight excluding hydrogens is 380 g/mol. The number of nitrogens with zero attached hydrogens (tertiary/aromatic N) is 2. The topological polar surface area (TPSA) is 115 Å². The zero-order valence-electron chi connectivity index (χ0n) is 13.1. The van der Waals surface area contributed by atoms with Crippen LogP contribution < -0.4 is 0 Å². The molecule has 24 heavy (non-hydrogen) atoms. The Morgan fingerprint density at radius 1 is 1.42 bits per heavy atom. The monoisotopic (exact) mass is 396 g/mol. The highest BCUT2D eigenvalue weighted by Gasteiger charge is 2.38. The van der Waals surface area contributed by atoms with Crippen molar-refractivity contribution in [1.29, 1.82) is 0 Å². The molecule has 0 spiro atoms. The normalized spacial score (nSPS) is 20.4. The van der Waals surface area contributed by atoms with E-state index < -0.39 is 36.5 Å². The van der Waals surface area contributed by atoms with E-state index in [0.29, 0.717) is 0 Å². The zero-order chi connectivity index (χ0) is 18.3. The van der Waals surface area contributed by atoms with Crippen molar-refractivity contribution in [2.75, 3.05) is 18.1 Å². The van der Waals surface area contributed by atoms with Gasteiger partial charge in [0, 0.05) is 24.2 Å². The van der Waals surface area contributed by atoms with Crippen LogP contribution in [0, 0.1) is 17.0 Å². The van der Waals surface area contributed by atoms with Gasteiger partial charge in [-0.1, -0.05) is 18.5 Å². The Labute approximate surface area is 145 Å². The molecule has 0 aliphatic carbocycles. The molecule has 2 rings (SSSR count). The molecule has 8 nitrogen and oxygen atoms in total. The van der Waals surface area contributed by atoms with Crippen LogP contribution >= 0.6 is 11.6 Å². The number of hydrogen-bond acceptors (Lipinski definition) is 6. The largest absolute Gasteiger partial charge is 0.275 e. The Balaban J connectivity index is 2.51. The Morgan fingerprint density at radius 2 is 2.04 bits per heavy atom. The minimum Gasteiger partial charge on any atom is -0.258 e. The fourth-order valence-electron chi connectivity index (χ4n) is 2.74. The van der Waals surface area contributed by atoms with E-state index in [0.717, 1.165) is 16.4 Å². The molecule has 1 aliphatic rings. The van der Waals surface area contributed by atoms with E-state index >= 15 is 0 Å². The van der Waals surface area contributed by atoms with Crippen molar-refractivity contribution in [2.45, 2.75) is 31.2 Å². The standard InChI is InChI=1S/C13H17ClN2O6S2/c1-3-15(10-4-5-23(19,20)8-10)24(21,22)11-6-12(14)9(2)13(7-11)16(17)18/h6-7,10H,3-5,8H2,1-2H3/t10-/m1/s1. The van der Waals surface area contributed by atoms with Gasteiger partial charge >= 0.3 is 0 Å². The zero-order valence-corrected chi connectivity index (χ0v) is 15.5. The Morgan fingerprint density at radius 3 is 2.50 bits per heavy atom. The van der Waals surface area contributed by atoms with Crippen LogP contribution in [0.4, 0.5) is 5.69 Å². The minimum atomic E-state index is -4.10. The van der Waals surface area contributed by atoms with E-state index in [9.17, 15) is 26.9 Å². The van der Waals surface area contributed by atoms with E-state index in [2.05, 4.69) is 0 Å². The minimum absolute atomic E-state index is 0.0297. The quantitative estimate of drug-likeness (QED) is 0.553. The Bertz CT molecular complexity index is 882. The average molecular weight is 397 g/mol. The number of rotatable bonds is 5. The van der Waals surface area contributed by atoms with E-state index in [1.165, 1.54) is 6.92 Å². The van der Waals surface area contributed by atoms with Crippen LogP contribution in [0.25, 0.3) is 0 Å². The molecule has 1 atom stereocenters. The van der Waals surface area contributed by atoms with Crippen molar-refractivity contribution in [3.05, 3.63) is 32.8 Å². The van der Waals surface area contributed by atoms with Crippen molar-refractivity contribution in [1.82, 2.24) is 4.31 Å². The summed E-state index contributed by atoms with van der Waals surface area (Å²) in [5.74, 6) is -0.319. The molecule has 0 unspecified atom stereocenters. The van der Waals surface area contributed by atoms with Gasteiger partial charge in [-0.15, -0.1) is 0 Å². The van der Waals surface area contributed by atoms with Gasteiger partial charge in [0.1, 0.15) is 0 Å². The molecule has 134 valence electrons. The number of nitro benzene ring substituents is 1. The summed E-state index contributed by atoms with van der Waals surface area (Å²) in [5.41, 5.74) is -0.219. The van der Waals surface area contributed by atoms with Crippen molar-refractivity contribution in [2.24, 2.45) is 0 Å². The fraction of sp³-hybridized carbons (Fsp3) is 0.538. The first-order chi connectivity index (χ1) is 11.0. The third kappa shape index (κ3) is 3.56. The maximum absolute atomic E-state index is 12.8. The summed E-state index contributed by atoms with van der Waals surface area (Å²) in [5, 5.41) is 11.1. The lowest BCUT2D eigenvalue weighted by Gasteiger charge is -2.26. The molecule has 0 N–H and O–H groups in total. The number of benzene rings is 1. The highest BCUT2D eigenvalue weighted by Crippen LogP contribution is 2.32. The van der Waals surface area contributed by atoms with Crippen LogP contribution in [0.3, 0.4) is 0 Å². The molecule has 0 aromatic heterocycles. The second kappa shape index (κ2) is 6.58. The third-order valence-electron chi connectivity index (χ3n) is 4.02. The van der Waals surface area contributed by atoms with E-state index in [1.54, 1.807) is 6.92 Å². The van der Waals surface area contributed by atoms with Crippen molar-refractivity contribution in [3.63, 3.8) is 0 Å². The molecule has 1 fully saturated rings. The lowest BCUT2D eigenvalue weighted by Crippen LogP contribution is -2.40. The second-order valence-electron chi connectivity index (χ2n) is 5.57. The molecule has 0 saturated carbocycles. The van der Waals surface area contributed by atoms with E-state index in [1.807, 2.05) is 0 Å². The summed E-state index contributed by atoms with van der Waals surface area (Å²) >= 11 is 5.94. The van der Waals surface area contributed by atoms with Crippen LogP contribution in [-0.4, -0.2) is 50.2 Å². The smallest absolute Gasteiger partial charge is 0.258 e. The maximum Gasteiger partial charge on any atom is 0.275 e. The van der Waals surface area contributed by atoms with Gasteiger partial charge in [0.2, 0.25) is 10.0 Å². The average Bonchev–Trinajstić information content (AvgIpc) is 2.81. The number of sulfone groups is 1. The molecule has 1 saturated heterocycles. The SMILES string of the molecule is CCN([C@@H]1CCS(=O)(=O)C1)S(=O)(=O)c1cc(Cl)c(C)c([N+](=O)[O-])c1. The summed E-state index contributed by atoms with van der Waals surface area (Å²) in [6.45, 7) is 3.08. The molecule has 1 heterocycles. The van der Waals surface area contributed by atoms with Gasteiger partial charge in [0.15, 0.2) is 9.84 Å². The second-order valence-corrected chi connectivity index (χ2v) is 10.1. The first kappa shape index (κ1) is 19.1. The number of nitro groups is 1. The van der Waals surface area contributed by atoms with Crippen molar-refractivity contribution >= 4 is 37.1 Å². The van der Waals surface area contributed by atoms with E-state index in [-0.39, 0.29) is 40.0 Å². The van der Waals surface area contributed by atoms with Gasteiger partial charge in [0.25, 0.3) is 5.69 Å². The molecule has 1 aliphatic heterocycles. The Kier molecular flexibility index (Phi) is 5.24. The summed E-state index contributed by atoms with van der Waals surface area (Å²) in [6.07, 6.45) is 0.205. The van der Waals surface area contributed by atoms with E-state index in [4.69, 9.17) is 11.6 Å². The molecular formula is C13H17ClN2O6S2. The number of halogens is 1. The predicted octanol–water partition coefficient (Wildman–Crippen LogP) is 1.75. The van der Waals surface area contributed by atoms with Crippen LogP contribution in [0.1, 0.15) is 18.9 Å². The molecule has 11 heteroatoms. The van der Waals surface area contributed by atoms with Crippen molar-refractivity contribution in [3.8, 4) is 0 Å². The third-order valence-corrected chi connectivity index (χ3v) is 8.17. The van der Waals surface area contributed by atoms with Crippen LogP contribution in [0.5, 0.6) is 0 Å². The van der Waals surface area contributed by atoms with Gasteiger partial charge < -0.3 is 0 Å². The first-order valence-corrected chi connectivity index (χ1v) is 10.8. The molecule has 1 aromatic rings. The summed E-state index contributed by atoms with van der Waals surface area (Å²) in [7, 11) is -7.37. The van der Waals surface area contributed by atoms with Crippen LogP contribution in [0.15, 0.2) is 17.0 Å². The maximum atomic E-state index is 12.8. The van der Waals surface area contributed by atoms with Crippen molar-refractivity contribution < 1.29 is 21.8 Å². The molecule has 1 aromatic carbocycles. The number of sulfonamides is 1. The highest BCUT2D eigenvalue weighted by molar-refractivity contribution is 7.92. The van der Waals surface area contributed by atoms with Gasteiger partial charge in [0.05, 0.1) is 26.3 Å². The fourth-order valence-corrected chi connectivity index (χ4v) is 6.56.